The van der Waals surface area contributed by atoms with Gasteiger partial charge in [0.2, 0.25) is 6.41 Å². The lowest BCUT2D eigenvalue weighted by molar-refractivity contribution is -0.140. The van der Waals surface area contributed by atoms with Crippen LogP contribution in [0, 0.1) is 0 Å². The molecular weight excluding hydrogens is 284 g/mol. The fourth-order valence-corrected chi connectivity index (χ4v) is 1.91. The molecule has 0 saturated heterocycles. The highest BCUT2D eigenvalue weighted by Crippen LogP contribution is 2.22. The molecule has 0 fully saturated rings. The SMILES string of the molecule is C=C(CNC=O)N(CC)OCc1cc(C(C)=O)ccc1OC. The Hall–Kier alpha value is -2.34. The zero-order valence-electron chi connectivity index (χ0n) is 13.2. The number of likely N-dealkylation sites (N-methyl/N-ethyl adjacent to an activating group) is 1. The third-order valence-corrected chi connectivity index (χ3v) is 3.09. The average Bonchev–Trinajstić information content (AvgIpc) is 2.53. The van der Waals surface area contributed by atoms with E-state index < -0.39 is 0 Å². The molecule has 0 spiro atoms. The summed E-state index contributed by atoms with van der Waals surface area (Å²) in [4.78, 5) is 27.5. The summed E-state index contributed by atoms with van der Waals surface area (Å²) < 4.78 is 5.28. The van der Waals surface area contributed by atoms with Crippen molar-refractivity contribution in [2.75, 3.05) is 20.2 Å². The van der Waals surface area contributed by atoms with Gasteiger partial charge in [0.05, 0.1) is 19.4 Å². The predicted octanol–water partition coefficient (Wildman–Crippen LogP) is 1.91. The number of amides is 1. The summed E-state index contributed by atoms with van der Waals surface area (Å²) in [5.41, 5.74) is 2.00. The van der Waals surface area contributed by atoms with E-state index in [0.29, 0.717) is 36.5 Å². The van der Waals surface area contributed by atoms with Crippen LogP contribution >= 0.6 is 0 Å². The number of ether oxygens (including phenoxy) is 1. The Morgan fingerprint density at radius 3 is 2.73 bits per heavy atom. The molecule has 1 amide bonds. The summed E-state index contributed by atoms with van der Waals surface area (Å²) in [6.45, 7) is 8.40. The molecule has 1 N–H and O–H groups in total. The van der Waals surface area contributed by atoms with Crippen molar-refractivity contribution >= 4 is 12.2 Å². The first-order chi connectivity index (χ1) is 10.5. The Bertz CT molecular complexity index is 543. The average molecular weight is 306 g/mol. The number of rotatable bonds is 10. The van der Waals surface area contributed by atoms with Gasteiger partial charge >= 0.3 is 0 Å². The predicted molar refractivity (Wildman–Crippen MR) is 83.4 cm³/mol. The molecule has 0 heterocycles. The number of hydrogen-bond acceptors (Lipinski definition) is 5. The summed E-state index contributed by atoms with van der Waals surface area (Å²) in [6.07, 6.45) is 0.610. The van der Waals surface area contributed by atoms with Gasteiger partial charge < -0.3 is 10.1 Å². The van der Waals surface area contributed by atoms with E-state index in [2.05, 4.69) is 11.9 Å². The van der Waals surface area contributed by atoms with Crippen LogP contribution in [0.2, 0.25) is 0 Å². The normalized spacial score (nSPS) is 9.95. The van der Waals surface area contributed by atoms with E-state index in [4.69, 9.17) is 9.57 Å². The number of methoxy groups -OCH3 is 1. The van der Waals surface area contributed by atoms with Crippen molar-refractivity contribution in [2.24, 2.45) is 0 Å². The van der Waals surface area contributed by atoms with E-state index in [1.165, 1.54) is 6.92 Å². The minimum atomic E-state index is -0.0177. The number of carbonyl (C=O) groups is 2. The first-order valence-corrected chi connectivity index (χ1v) is 6.96. The molecule has 0 aliphatic heterocycles. The maximum Gasteiger partial charge on any atom is 0.207 e. The first-order valence-electron chi connectivity index (χ1n) is 6.96. The molecule has 0 atom stereocenters. The van der Waals surface area contributed by atoms with Crippen LogP contribution in [0.4, 0.5) is 0 Å². The highest BCUT2D eigenvalue weighted by molar-refractivity contribution is 5.94. The second-order valence-corrected chi connectivity index (χ2v) is 4.62. The van der Waals surface area contributed by atoms with Crippen molar-refractivity contribution in [1.29, 1.82) is 0 Å². The van der Waals surface area contributed by atoms with Gasteiger partial charge in [-0.05, 0) is 32.0 Å². The number of carbonyl (C=O) groups excluding carboxylic acids is 2. The van der Waals surface area contributed by atoms with Crippen molar-refractivity contribution in [1.82, 2.24) is 10.4 Å². The van der Waals surface area contributed by atoms with Gasteiger partial charge in [0.1, 0.15) is 12.4 Å². The summed E-state index contributed by atoms with van der Waals surface area (Å²) in [6, 6.07) is 5.21. The van der Waals surface area contributed by atoms with Crippen LogP contribution in [0.1, 0.15) is 29.8 Å². The van der Waals surface area contributed by atoms with E-state index in [0.717, 1.165) is 5.56 Å². The number of Topliss-reactive ketones (excluding diaryl/α,β-unsaturated/α-hetero) is 1. The lowest BCUT2D eigenvalue weighted by Crippen LogP contribution is -2.29. The van der Waals surface area contributed by atoms with Crippen LogP contribution < -0.4 is 10.1 Å². The first kappa shape index (κ1) is 17.7. The van der Waals surface area contributed by atoms with Crippen molar-refractivity contribution in [3.63, 3.8) is 0 Å². The molecule has 0 bridgehead atoms. The molecule has 6 heteroatoms. The highest BCUT2D eigenvalue weighted by Gasteiger charge is 2.11. The number of ketones is 1. The fraction of sp³-hybridized carbons (Fsp3) is 0.375. The number of nitrogens with one attached hydrogen (secondary N) is 1. The lowest BCUT2D eigenvalue weighted by atomic mass is 10.1. The summed E-state index contributed by atoms with van der Waals surface area (Å²) in [5, 5.41) is 4.13. The van der Waals surface area contributed by atoms with Gasteiger partial charge in [-0.3, -0.25) is 19.5 Å². The molecule has 22 heavy (non-hydrogen) atoms. The van der Waals surface area contributed by atoms with Crippen LogP contribution in [-0.2, 0) is 16.2 Å². The lowest BCUT2D eigenvalue weighted by Gasteiger charge is -2.24. The topological polar surface area (TPSA) is 67.9 Å². The van der Waals surface area contributed by atoms with Gasteiger partial charge in [-0.1, -0.05) is 6.58 Å². The van der Waals surface area contributed by atoms with Crippen LogP contribution in [0.25, 0.3) is 0 Å². The van der Waals surface area contributed by atoms with E-state index in [9.17, 15) is 9.59 Å². The van der Waals surface area contributed by atoms with Crippen molar-refractivity contribution < 1.29 is 19.2 Å². The molecule has 0 radical (unpaired) electrons. The van der Waals surface area contributed by atoms with Crippen molar-refractivity contribution in [3.8, 4) is 5.75 Å². The maximum atomic E-state index is 11.5. The van der Waals surface area contributed by atoms with Crippen LogP contribution in [-0.4, -0.2) is 37.5 Å². The molecule has 1 rings (SSSR count). The number of benzene rings is 1. The summed E-state index contributed by atoms with van der Waals surface area (Å²) in [7, 11) is 1.57. The fourth-order valence-electron chi connectivity index (χ4n) is 1.91. The smallest absolute Gasteiger partial charge is 0.207 e. The maximum absolute atomic E-state index is 11.5. The molecule has 0 aliphatic rings. The molecule has 120 valence electrons. The third-order valence-electron chi connectivity index (χ3n) is 3.09. The van der Waals surface area contributed by atoms with E-state index >= 15 is 0 Å². The van der Waals surface area contributed by atoms with Crippen molar-refractivity contribution in [2.45, 2.75) is 20.5 Å². The Morgan fingerprint density at radius 2 is 2.18 bits per heavy atom. The minimum absolute atomic E-state index is 0.0177. The van der Waals surface area contributed by atoms with Gasteiger partial charge in [0, 0.05) is 17.7 Å². The van der Waals surface area contributed by atoms with Gasteiger partial charge in [0.15, 0.2) is 5.78 Å². The molecule has 0 aliphatic carbocycles. The third kappa shape index (κ3) is 4.89. The Labute approximate surface area is 130 Å². The minimum Gasteiger partial charge on any atom is -0.496 e. The van der Waals surface area contributed by atoms with E-state index in [1.807, 2.05) is 6.92 Å². The van der Waals surface area contributed by atoms with Crippen LogP contribution in [0.15, 0.2) is 30.5 Å². The van der Waals surface area contributed by atoms with Gasteiger partial charge in [-0.25, -0.2) is 0 Å². The number of hydroxylamine groups is 2. The summed E-state index contributed by atoms with van der Waals surface area (Å²) in [5.74, 6) is 0.633. The standard InChI is InChI=1S/C16H22N2O4/c1-5-18(12(2)9-17-11-19)22-10-15-8-14(13(3)20)6-7-16(15)21-4/h6-8,11H,2,5,9-10H2,1,3-4H3,(H,17,19). The second kappa shape index (κ2) is 8.84. The molecule has 1 aromatic rings. The Balaban J connectivity index is 2.79. The number of nitrogens with zero attached hydrogens (tertiary/aromatic N) is 1. The van der Waals surface area contributed by atoms with Gasteiger partial charge in [-0.15, -0.1) is 0 Å². The van der Waals surface area contributed by atoms with Gasteiger partial charge in [-0.2, -0.15) is 0 Å². The molecular formula is C16H22N2O4. The molecule has 0 saturated carbocycles. The molecule has 0 unspecified atom stereocenters. The largest absolute Gasteiger partial charge is 0.496 e. The van der Waals surface area contributed by atoms with E-state index in [1.54, 1.807) is 30.4 Å². The molecule has 1 aromatic carbocycles. The second-order valence-electron chi connectivity index (χ2n) is 4.62. The zero-order valence-corrected chi connectivity index (χ0v) is 13.2. The molecule has 0 aromatic heterocycles. The van der Waals surface area contributed by atoms with Crippen LogP contribution in [0.5, 0.6) is 5.75 Å². The summed E-state index contributed by atoms with van der Waals surface area (Å²) >= 11 is 0. The Kier molecular flexibility index (Phi) is 7.12. The quantitative estimate of drug-likeness (QED) is 0.406. The van der Waals surface area contributed by atoms with Crippen molar-refractivity contribution in [3.05, 3.63) is 41.6 Å². The monoisotopic (exact) mass is 306 g/mol. The Morgan fingerprint density at radius 1 is 1.45 bits per heavy atom. The zero-order chi connectivity index (χ0) is 16.5. The van der Waals surface area contributed by atoms with Crippen LogP contribution in [0.3, 0.4) is 0 Å². The van der Waals surface area contributed by atoms with E-state index in [-0.39, 0.29) is 12.4 Å². The highest BCUT2D eigenvalue weighted by atomic mass is 16.7. The van der Waals surface area contributed by atoms with Gasteiger partial charge in [0.25, 0.3) is 0 Å². The molecule has 6 nitrogen and oxygen atoms in total. The number of hydrogen-bond donors (Lipinski definition) is 1.